The number of benzene rings is 1. The van der Waals surface area contributed by atoms with E-state index in [-0.39, 0.29) is 31.0 Å². The Hall–Kier alpha value is -1.14. The molecule has 6 heteroatoms. The minimum atomic E-state index is -0.591. The van der Waals surface area contributed by atoms with Gasteiger partial charge in [0.1, 0.15) is 5.82 Å². The maximum absolute atomic E-state index is 13.2. The van der Waals surface area contributed by atoms with Crippen LogP contribution in [0.4, 0.5) is 9.18 Å². The Morgan fingerprint density at radius 2 is 2.05 bits per heavy atom. The average Bonchev–Trinajstić information content (AvgIpc) is 2.31. The normalized spacial score (nSPS) is 12.3. The van der Waals surface area contributed by atoms with E-state index >= 15 is 0 Å². The quantitative estimate of drug-likeness (QED) is 0.861. The van der Waals surface area contributed by atoms with Gasteiger partial charge in [-0.1, -0.05) is 15.9 Å². The lowest BCUT2D eigenvalue weighted by atomic mass is 10.2. The Morgan fingerprint density at radius 3 is 2.55 bits per heavy atom. The van der Waals surface area contributed by atoms with Crippen LogP contribution in [0.1, 0.15) is 26.3 Å². The van der Waals surface area contributed by atoms with Crippen molar-refractivity contribution in [3.05, 3.63) is 34.1 Å². The molecule has 0 radical (unpaired) electrons. The Balaban J connectivity index is 2.64. The van der Waals surface area contributed by atoms with Gasteiger partial charge in [-0.05, 0) is 44.5 Å². The summed E-state index contributed by atoms with van der Waals surface area (Å²) in [5, 5.41) is 12.1. The first kappa shape index (κ1) is 16.9. The van der Waals surface area contributed by atoms with Crippen molar-refractivity contribution in [2.45, 2.75) is 39.5 Å². The molecule has 0 aliphatic rings. The maximum Gasteiger partial charge on any atom is 0.317 e. The molecule has 1 aromatic carbocycles. The standard InChI is InChI=1S/C14H20BrFN2O2/c1-9(2)18(8-10(3)19)14(20)17-7-11-4-12(15)6-13(16)5-11/h4-6,9-10,19H,7-8H2,1-3H3,(H,17,20). The third-order valence-electron chi connectivity index (χ3n) is 2.71. The Bertz CT molecular complexity index is 446. The summed E-state index contributed by atoms with van der Waals surface area (Å²) in [6.07, 6.45) is -0.591. The van der Waals surface area contributed by atoms with E-state index < -0.39 is 6.10 Å². The third-order valence-corrected chi connectivity index (χ3v) is 3.17. The Kier molecular flexibility index (Phi) is 6.42. The van der Waals surface area contributed by atoms with Crippen LogP contribution in [0.2, 0.25) is 0 Å². The van der Waals surface area contributed by atoms with Crippen LogP contribution in [-0.4, -0.2) is 34.7 Å². The third kappa shape index (κ3) is 5.46. The molecular weight excluding hydrogens is 327 g/mol. The summed E-state index contributed by atoms with van der Waals surface area (Å²) in [7, 11) is 0. The summed E-state index contributed by atoms with van der Waals surface area (Å²) in [5.74, 6) is -0.353. The van der Waals surface area contributed by atoms with Crippen LogP contribution in [0.15, 0.2) is 22.7 Å². The first-order chi connectivity index (χ1) is 9.29. The summed E-state index contributed by atoms with van der Waals surface area (Å²) in [4.78, 5) is 13.6. The molecule has 20 heavy (non-hydrogen) atoms. The number of hydrogen-bond acceptors (Lipinski definition) is 2. The summed E-state index contributed by atoms with van der Waals surface area (Å²) < 4.78 is 13.9. The molecule has 1 aromatic rings. The van der Waals surface area contributed by atoms with E-state index in [1.54, 1.807) is 17.9 Å². The van der Waals surface area contributed by atoms with Gasteiger partial charge >= 0.3 is 6.03 Å². The van der Waals surface area contributed by atoms with E-state index in [0.717, 1.165) is 0 Å². The molecule has 0 bridgehead atoms. The molecular formula is C14H20BrFN2O2. The number of amides is 2. The van der Waals surface area contributed by atoms with Crippen molar-refractivity contribution in [1.82, 2.24) is 10.2 Å². The fourth-order valence-electron chi connectivity index (χ4n) is 1.81. The lowest BCUT2D eigenvalue weighted by Crippen LogP contribution is -2.46. The van der Waals surface area contributed by atoms with Crippen LogP contribution in [-0.2, 0) is 6.54 Å². The zero-order valence-corrected chi connectivity index (χ0v) is 13.4. The molecule has 0 heterocycles. The topological polar surface area (TPSA) is 52.6 Å². The minimum Gasteiger partial charge on any atom is -0.392 e. The van der Waals surface area contributed by atoms with Crippen molar-refractivity contribution in [2.24, 2.45) is 0 Å². The Labute approximate surface area is 127 Å². The van der Waals surface area contributed by atoms with Gasteiger partial charge in [-0.2, -0.15) is 0 Å². The second-order valence-corrected chi connectivity index (χ2v) is 5.95. The van der Waals surface area contributed by atoms with Crippen molar-refractivity contribution in [3.63, 3.8) is 0 Å². The second-order valence-electron chi connectivity index (χ2n) is 5.03. The lowest BCUT2D eigenvalue weighted by molar-refractivity contribution is 0.118. The first-order valence-electron chi connectivity index (χ1n) is 6.47. The van der Waals surface area contributed by atoms with Crippen molar-refractivity contribution in [2.75, 3.05) is 6.54 Å². The van der Waals surface area contributed by atoms with Gasteiger partial charge in [-0.3, -0.25) is 0 Å². The molecule has 1 unspecified atom stereocenters. The summed E-state index contributed by atoms with van der Waals surface area (Å²) in [5.41, 5.74) is 0.672. The summed E-state index contributed by atoms with van der Waals surface area (Å²) in [6.45, 7) is 5.88. The maximum atomic E-state index is 13.2. The van der Waals surface area contributed by atoms with E-state index in [4.69, 9.17) is 0 Å². The molecule has 1 atom stereocenters. The van der Waals surface area contributed by atoms with E-state index in [1.165, 1.54) is 12.1 Å². The number of aliphatic hydroxyl groups excluding tert-OH is 1. The van der Waals surface area contributed by atoms with Gasteiger partial charge in [0.15, 0.2) is 0 Å². The van der Waals surface area contributed by atoms with E-state index in [2.05, 4.69) is 21.2 Å². The molecule has 2 N–H and O–H groups in total. The SMILES string of the molecule is CC(O)CN(C(=O)NCc1cc(F)cc(Br)c1)C(C)C. The zero-order chi connectivity index (χ0) is 15.3. The fraction of sp³-hybridized carbons (Fsp3) is 0.500. The molecule has 0 saturated heterocycles. The second kappa shape index (κ2) is 7.59. The number of rotatable bonds is 5. The van der Waals surface area contributed by atoms with E-state index in [1.807, 2.05) is 13.8 Å². The van der Waals surface area contributed by atoms with Gasteiger partial charge in [0, 0.05) is 23.6 Å². The minimum absolute atomic E-state index is 0.0242. The molecule has 0 saturated carbocycles. The van der Waals surface area contributed by atoms with Gasteiger partial charge < -0.3 is 15.3 Å². The van der Waals surface area contributed by atoms with E-state index in [0.29, 0.717) is 10.0 Å². The molecule has 1 rings (SSSR count). The molecule has 0 fully saturated rings. The number of urea groups is 1. The number of aliphatic hydroxyl groups is 1. The van der Waals surface area contributed by atoms with Crippen LogP contribution in [0, 0.1) is 5.82 Å². The number of nitrogens with one attached hydrogen (secondary N) is 1. The van der Waals surface area contributed by atoms with Crippen molar-refractivity contribution in [1.29, 1.82) is 0 Å². The van der Waals surface area contributed by atoms with E-state index in [9.17, 15) is 14.3 Å². The van der Waals surface area contributed by atoms with Crippen LogP contribution >= 0.6 is 15.9 Å². The zero-order valence-electron chi connectivity index (χ0n) is 11.9. The van der Waals surface area contributed by atoms with Crippen molar-refractivity contribution >= 4 is 22.0 Å². The Morgan fingerprint density at radius 1 is 1.40 bits per heavy atom. The largest absolute Gasteiger partial charge is 0.392 e. The van der Waals surface area contributed by atoms with Gasteiger partial charge in [0.2, 0.25) is 0 Å². The molecule has 0 aliphatic carbocycles. The molecule has 0 aliphatic heterocycles. The molecule has 0 spiro atoms. The number of carbonyl (C=O) groups excluding carboxylic acids is 1. The van der Waals surface area contributed by atoms with Crippen molar-refractivity contribution < 1.29 is 14.3 Å². The van der Waals surface area contributed by atoms with Gasteiger partial charge in [0.05, 0.1) is 6.10 Å². The molecule has 112 valence electrons. The summed E-state index contributed by atoms with van der Waals surface area (Å²) >= 11 is 3.21. The predicted molar refractivity (Wildman–Crippen MR) is 79.9 cm³/mol. The lowest BCUT2D eigenvalue weighted by Gasteiger charge is -2.28. The van der Waals surface area contributed by atoms with Gasteiger partial charge in [-0.15, -0.1) is 0 Å². The van der Waals surface area contributed by atoms with Crippen LogP contribution in [0.3, 0.4) is 0 Å². The number of halogens is 2. The highest BCUT2D eigenvalue weighted by Crippen LogP contribution is 2.14. The van der Waals surface area contributed by atoms with Crippen LogP contribution < -0.4 is 5.32 Å². The highest BCUT2D eigenvalue weighted by atomic mass is 79.9. The van der Waals surface area contributed by atoms with Gasteiger partial charge in [0.25, 0.3) is 0 Å². The number of nitrogens with zero attached hydrogens (tertiary/aromatic N) is 1. The fourth-order valence-corrected chi connectivity index (χ4v) is 2.32. The highest BCUT2D eigenvalue weighted by molar-refractivity contribution is 9.10. The molecule has 2 amide bonds. The summed E-state index contributed by atoms with van der Waals surface area (Å²) in [6, 6.07) is 4.18. The van der Waals surface area contributed by atoms with Crippen LogP contribution in [0.5, 0.6) is 0 Å². The predicted octanol–water partition coefficient (Wildman–Crippen LogP) is 2.89. The number of hydrogen-bond donors (Lipinski definition) is 2. The average molecular weight is 347 g/mol. The molecule has 4 nitrogen and oxygen atoms in total. The smallest absolute Gasteiger partial charge is 0.317 e. The monoisotopic (exact) mass is 346 g/mol. The first-order valence-corrected chi connectivity index (χ1v) is 7.26. The number of carbonyl (C=O) groups is 1. The molecule has 0 aromatic heterocycles. The van der Waals surface area contributed by atoms with Gasteiger partial charge in [-0.25, -0.2) is 9.18 Å². The van der Waals surface area contributed by atoms with Crippen molar-refractivity contribution in [3.8, 4) is 0 Å². The highest BCUT2D eigenvalue weighted by Gasteiger charge is 2.18. The van der Waals surface area contributed by atoms with Crippen LogP contribution in [0.25, 0.3) is 0 Å².